The number of rotatable bonds is 1. The van der Waals surface area contributed by atoms with E-state index in [2.05, 4.69) is 57.8 Å². The summed E-state index contributed by atoms with van der Waals surface area (Å²) in [4.78, 5) is 16.8. The number of H-pyrrole nitrogens is 1. The molecular formula is C5H3Br3N2O. The lowest BCUT2D eigenvalue weighted by molar-refractivity contribution is 1.00. The number of hydrogen-bond donors (Lipinski definition) is 1. The molecule has 0 aliphatic rings. The molecule has 0 aliphatic carbocycles. The van der Waals surface area contributed by atoms with Crippen LogP contribution in [0.5, 0.6) is 0 Å². The third kappa shape index (κ3) is 2.38. The van der Waals surface area contributed by atoms with Gasteiger partial charge < -0.3 is 4.98 Å². The minimum absolute atomic E-state index is 0.0694. The van der Waals surface area contributed by atoms with Gasteiger partial charge in [-0.1, -0.05) is 31.9 Å². The van der Waals surface area contributed by atoms with Crippen LogP contribution >= 0.6 is 47.8 Å². The highest BCUT2D eigenvalue weighted by Crippen LogP contribution is 2.31. The summed E-state index contributed by atoms with van der Waals surface area (Å²) in [5.74, 6) is 0. The van der Waals surface area contributed by atoms with Crippen molar-refractivity contribution >= 4 is 47.8 Å². The summed E-state index contributed by atoms with van der Waals surface area (Å²) < 4.78 is 0.691. The van der Waals surface area contributed by atoms with Crippen molar-refractivity contribution in [2.75, 3.05) is 0 Å². The molecule has 0 saturated heterocycles. The van der Waals surface area contributed by atoms with Crippen LogP contribution < -0.4 is 5.69 Å². The van der Waals surface area contributed by atoms with Gasteiger partial charge in [-0.25, -0.2) is 9.78 Å². The SMILES string of the molecule is O=c1ncc(Br)c(C(Br)Br)[nH]1. The molecule has 1 rings (SSSR count). The van der Waals surface area contributed by atoms with Crippen LogP contribution in [-0.2, 0) is 0 Å². The molecule has 1 N–H and O–H groups in total. The molecule has 0 unspecified atom stereocenters. The predicted molar refractivity (Wildman–Crippen MR) is 53.2 cm³/mol. The average Bonchev–Trinajstić information content (AvgIpc) is 1.94. The number of aromatic amines is 1. The molecule has 1 aromatic rings. The molecule has 0 aliphatic heterocycles. The number of nitrogens with zero attached hydrogens (tertiary/aromatic N) is 1. The van der Waals surface area contributed by atoms with Gasteiger partial charge in [0.05, 0.1) is 10.2 Å². The summed E-state index contributed by atoms with van der Waals surface area (Å²) >= 11 is 9.75. The Morgan fingerprint density at radius 2 is 2.18 bits per heavy atom. The second-order valence-corrected chi connectivity index (χ2v) is 5.67. The summed E-state index contributed by atoms with van der Waals surface area (Å²) in [7, 11) is 0. The normalized spacial score (nSPS) is 10.5. The second kappa shape index (κ2) is 3.82. The van der Waals surface area contributed by atoms with Crippen molar-refractivity contribution in [1.29, 1.82) is 0 Å². The predicted octanol–water partition coefficient (Wildman–Crippen LogP) is 2.32. The number of nitrogens with one attached hydrogen (secondary N) is 1. The minimum Gasteiger partial charge on any atom is -0.307 e. The lowest BCUT2D eigenvalue weighted by atomic mass is 10.5. The van der Waals surface area contributed by atoms with Crippen molar-refractivity contribution in [2.45, 2.75) is 3.74 Å². The fourth-order valence-electron chi connectivity index (χ4n) is 0.551. The Labute approximate surface area is 88.0 Å². The zero-order chi connectivity index (χ0) is 8.43. The minimum atomic E-state index is -0.355. The topological polar surface area (TPSA) is 45.8 Å². The highest BCUT2D eigenvalue weighted by atomic mass is 79.9. The molecule has 0 atom stereocenters. The van der Waals surface area contributed by atoms with Gasteiger partial charge in [0.2, 0.25) is 0 Å². The van der Waals surface area contributed by atoms with Gasteiger partial charge in [0.1, 0.15) is 3.74 Å². The molecule has 3 nitrogen and oxygen atoms in total. The highest BCUT2D eigenvalue weighted by molar-refractivity contribution is 9.24. The van der Waals surface area contributed by atoms with Gasteiger partial charge in [-0.05, 0) is 15.9 Å². The molecule has 1 heterocycles. The van der Waals surface area contributed by atoms with Crippen molar-refractivity contribution in [1.82, 2.24) is 9.97 Å². The lowest BCUT2D eigenvalue weighted by Crippen LogP contribution is -2.11. The Morgan fingerprint density at radius 3 is 2.64 bits per heavy atom. The van der Waals surface area contributed by atoms with Crippen LogP contribution in [0.25, 0.3) is 0 Å². The van der Waals surface area contributed by atoms with E-state index in [1.807, 2.05) is 0 Å². The maximum absolute atomic E-state index is 10.7. The summed E-state index contributed by atoms with van der Waals surface area (Å²) in [6, 6.07) is 0. The van der Waals surface area contributed by atoms with Crippen LogP contribution in [0.2, 0.25) is 0 Å². The highest BCUT2D eigenvalue weighted by Gasteiger charge is 2.07. The largest absolute Gasteiger partial charge is 0.345 e. The van der Waals surface area contributed by atoms with E-state index in [0.717, 1.165) is 10.2 Å². The number of aromatic nitrogens is 2. The van der Waals surface area contributed by atoms with Crippen molar-refractivity contribution in [3.63, 3.8) is 0 Å². The zero-order valence-corrected chi connectivity index (χ0v) is 9.90. The standard InChI is InChI=1S/C5H3Br3N2O/c6-2-1-9-5(11)10-3(2)4(7)8/h1,4H,(H,9,10,11). The van der Waals surface area contributed by atoms with Crippen molar-refractivity contribution in [3.8, 4) is 0 Å². The van der Waals surface area contributed by atoms with Crippen LogP contribution in [0, 0.1) is 0 Å². The molecule has 6 heteroatoms. The van der Waals surface area contributed by atoms with Crippen LogP contribution in [0.1, 0.15) is 9.43 Å². The summed E-state index contributed by atoms with van der Waals surface area (Å²) in [5, 5.41) is 0. The molecular weight excluding hydrogens is 344 g/mol. The van der Waals surface area contributed by atoms with Crippen LogP contribution in [0.3, 0.4) is 0 Å². The third-order valence-electron chi connectivity index (χ3n) is 1.01. The summed E-state index contributed by atoms with van der Waals surface area (Å²) in [6.07, 6.45) is 1.46. The Bertz CT molecular complexity index is 309. The molecule has 0 saturated carbocycles. The lowest BCUT2D eigenvalue weighted by Gasteiger charge is -2.02. The first kappa shape index (κ1) is 9.41. The maximum Gasteiger partial charge on any atom is 0.345 e. The van der Waals surface area contributed by atoms with Crippen LogP contribution in [0.15, 0.2) is 15.5 Å². The van der Waals surface area contributed by atoms with E-state index in [0.29, 0.717) is 0 Å². The van der Waals surface area contributed by atoms with Gasteiger partial charge in [0.15, 0.2) is 0 Å². The first-order chi connectivity index (χ1) is 5.11. The summed E-state index contributed by atoms with van der Waals surface area (Å²) in [5.41, 5.74) is 0.372. The third-order valence-corrected chi connectivity index (χ3v) is 2.56. The van der Waals surface area contributed by atoms with E-state index < -0.39 is 0 Å². The fraction of sp³-hybridized carbons (Fsp3) is 0.200. The molecule has 1 aromatic heterocycles. The smallest absolute Gasteiger partial charge is 0.307 e. The molecule has 0 aromatic carbocycles. The quantitative estimate of drug-likeness (QED) is 0.793. The van der Waals surface area contributed by atoms with E-state index in [9.17, 15) is 4.79 Å². The van der Waals surface area contributed by atoms with Crippen molar-refractivity contribution < 1.29 is 0 Å². The second-order valence-electron chi connectivity index (χ2n) is 1.75. The van der Waals surface area contributed by atoms with Gasteiger partial charge in [-0.15, -0.1) is 0 Å². The zero-order valence-electron chi connectivity index (χ0n) is 5.14. The van der Waals surface area contributed by atoms with Gasteiger partial charge in [0.25, 0.3) is 0 Å². The molecule has 0 amide bonds. The van der Waals surface area contributed by atoms with Crippen molar-refractivity contribution in [3.05, 3.63) is 26.8 Å². The van der Waals surface area contributed by atoms with Crippen molar-refractivity contribution in [2.24, 2.45) is 0 Å². The Morgan fingerprint density at radius 1 is 1.55 bits per heavy atom. The average molecular weight is 347 g/mol. The first-order valence-corrected chi connectivity index (χ1v) is 5.26. The van der Waals surface area contributed by atoms with Gasteiger partial charge in [-0.2, -0.15) is 0 Å². The molecule has 0 bridgehead atoms. The van der Waals surface area contributed by atoms with E-state index in [1.165, 1.54) is 6.20 Å². The monoisotopic (exact) mass is 344 g/mol. The Kier molecular flexibility index (Phi) is 3.27. The number of hydrogen-bond acceptors (Lipinski definition) is 2. The molecule has 11 heavy (non-hydrogen) atoms. The van der Waals surface area contributed by atoms with E-state index in [-0.39, 0.29) is 9.43 Å². The molecule has 0 spiro atoms. The van der Waals surface area contributed by atoms with Gasteiger partial charge in [-0.3, -0.25) is 0 Å². The van der Waals surface area contributed by atoms with E-state index >= 15 is 0 Å². The molecule has 0 radical (unpaired) electrons. The number of halogens is 3. The van der Waals surface area contributed by atoms with E-state index in [1.54, 1.807) is 0 Å². The first-order valence-electron chi connectivity index (χ1n) is 2.64. The Balaban J connectivity index is 3.23. The van der Waals surface area contributed by atoms with Gasteiger partial charge >= 0.3 is 5.69 Å². The Hall–Kier alpha value is 0.320. The fourth-order valence-corrected chi connectivity index (χ4v) is 2.32. The molecule has 60 valence electrons. The van der Waals surface area contributed by atoms with Gasteiger partial charge in [0, 0.05) is 6.20 Å². The van der Waals surface area contributed by atoms with Crippen LogP contribution in [-0.4, -0.2) is 9.97 Å². The molecule has 0 fully saturated rings. The maximum atomic E-state index is 10.7. The van der Waals surface area contributed by atoms with Crippen LogP contribution in [0.4, 0.5) is 0 Å². The summed E-state index contributed by atoms with van der Waals surface area (Å²) in [6.45, 7) is 0. The number of alkyl halides is 2. The van der Waals surface area contributed by atoms with E-state index in [4.69, 9.17) is 0 Å².